The zero-order valence-corrected chi connectivity index (χ0v) is 17.0. The molecule has 0 atom stereocenters. The minimum atomic E-state index is 0. The molecule has 4 heteroatoms. The molecule has 1 aliphatic carbocycles. The molecule has 0 aliphatic heterocycles. The SMILES string of the molecule is COc1ccc(-c2cc(C(C)(C)C)cc(CNC3CCC3)c2O)cc1.Cl. The Bertz CT molecular complexity index is 731. The van der Waals surface area contributed by atoms with Crippen molar-refractivity contribution in [3.05, 3.63) is 47.5 Å². The van der Waals surface area contributed by atoms with Gasteiger partial charge in [-0.05, 0) is 47.6 Å². The molecule has 0 unspecified atom stereocenters. The van der Waals surface area contributed by atoms with Gasteiger partial charge in [0.05, 0.1) is 7.11 Å². The molecule has 0 saturated heterocycles. The van der Waals surface area contributed by atoms with Gasteiger partial charge >= 0.3 is 0 Å². The van der Waals surface area contributed by atoms with Gasteiger partial charge in [0.2, 0.25) is 0 Å². The molecule has 1 saturated carbocycles. The number of nitrogens with one attached hydrogen (secondary N) is 1. The van der Waals surface area contributed by atoms with Crippen molar-refractivity contribution in [2.45, 2.75) is 58.0 Å². The van der Waals surface area contributed by atoms with Crippen molar-refractivity contribution in [2.24, 2.45) is 0 Å². The Labute approximate surface area is 163 Å². The summed E-state index contributed by atoms with van der Waals surface area (Å²) in [7, 11) is 1.66. The second kappa shape index (κ2) is 8.32. The van der Waals surface area contributed by atoms with E-state index in [0.717, 1.165) is 22.4 Å². The van der Waals surface area contributed by atoms with E-state index in [1.807, 2.05) is 24.3 Å². The molecule has 0 bridgehead atoms. The lowest BCUT2D eigenvalue weighted by atomic mass is 9.83. The van der Waals surface area contributed by atoms with Crippen molar-refractivity contribution < 1.29 is 9.84 Å². The number of rotatable bonds is 5. The van der Waals surface area contributed by atoms with Gasteiger partial charge in [-0.3, -0.25) is 0 Å². The largest absolute Gasteiger partial charge is 0.507 e. The first-order chi connectivity index (χ1) is 11.9. The predicted molar refractivity (Wildman–Crippen MR) is 111 cm³/mol. The molecule has 3 rings (SSSR count). The molecule has 0 radical (unpaired) electrons. The number of halogens is 1. The summed E-state index contributed by atoms with van der Waals surface area (Å²) in [4.78, 5) is 0. The molecule has 2 aromatic rings. The molecule has 3 nitrogen and oxygen atoms in total. The van der Waals surface area contributed by atoms with E-state index in [2.05, 4.69) is 38.2 Å². The van der Waals surface area contributed by atoms with Crippen LogP contribution in [0.1, 0.15) is 51.2 Å². The highest BCUT2D eigenvalue weighted by Crippen LogP contribution is 2.38. The first kappa shape index (κ1) is 20.6. The average molecular weight is 376 g/mol. The van der Waals surface area contributed by atoms with Crippen LogP contribution in [0.5, 0.6) is 11.5 Å². The van der Waals surface area contributed by atoms with E-state index in [1.165, 1.54) is 24.8 Å². The number of phenolic OH excluding ortho intramolecular Hbond substituents is 1. The van der Waals surface area contributed by atoms with E-state index in [-0.39, 0.29) is 17.8 Å². The Kier molecular flexibility index (Phi) is 6.59. The molecular weight excluding hydrogens is 346 g/mol. The Morgan fingerprint density at radius 3 is 2.27 bits per heavy atom. The first-order valence-electron chi connectivity index (χ1n) is 9.12. The third-order valence-electron chi connectivity index (χ3n) is 5.14. The molecule has 2 N–H and O–H groups in total. The highest BCUT2D eigenvalue weighted by Gasteiger charge is 2.21. The molecule has 0 heterocycles. The van der Waals surface area contributed by atoms with E-state index in [1.54, 1.807) is 7.11 Å². The van der Waals surface area contributed by atoms with Gasteiger partial charge in [0.1, 0.15) is 11.5 Å². The van der Waals surface area contributed by atoms with Gasteiger partial charge in [-0.1, -0.05) is 45.4 Å². The van der Waals surface area contributed by atoms with Gasteiger partial charge in [0, 0.05) is 23.7 Å². The lowest BCUT2D eigenvalue weighted by molar-refractivity contribution is 0.335. The van der Waals surface area contributed by atoms with E-state index >= 15 is 0 Å². The van der Waals surface area contributed by atoms with E-state index in [4.69, 9.17) is 4.74 Å². The summed E-state index contributed by atoms with van der Waals surface area (Å²) in [5.74, 6) is 1.20. The molecule has 0 spiro atoms. The van der Waals surface area contributed by atoms with Crippen LogP contribution in [-0.2, 0) is 12.0 Å². The van der Waals surface area contributed by atoms with Gasteiger partial charge in [0.15, 0.2) is 0 Å². The molecule has 142 valence electrons. The monoisotopic (exact) mass is 375 g/mol. The van der Waals surface area contributed by atoms with Gasteiger partial charge < -0.3 is 15.2 Å². The maximum absolute atomic E-state index is 10.9. The fraction of sp³-hybridized carbons (Fsp3) is 0.455. The van der Waals surface area contributed by atoms with Crippen LogP contribution < -0.4 is 10.1 Å². The molecule has 26 heavy (non-hydrogen) atoms. The van der Waals surface area contributed by atoms with Crippen molar-refractivity contribution >= 4 is 12.4 Å². The summed E-state index contributed by atoms with van der Waals surface area (Å²) in [6.45, 7) is 7.34. The summed E-state index contributed by atoms with van der Waals surface area (Å²) in [6, 6.07) is 12.7. The number of hydrogen-bond acceptors (Lipinski definition) is 3. The highest BCUT2D eigenvalue weighted by atomic mass is 35.5. The minimum Gasteiger partial charge on any atom is -0.507 e. The van der Waals surface area contributed by atoms with Gasteiger partial charge in [0.25, 0.3) is 0 Å². The Morgan fingerprint density at radius 2 is 1.77 bits per heavy atom. The van der Waals surface area contributed by atoms with Crippen LogP contribution in [0.3, 0.4) is 0 Å². The van der Waals surface area contributed by atoms with Crippen LogP contribution in [0.2, 0.25) is 0 Å². The number of benzene rings is 2. The second-order valence-electron chi connectivity index (χ2n) is 8.02. The number of phenols is 1. The van der Waals surface area contributed by atoms with Crippen LogP contribution >= 0.6 is 12.4 Å². The predicted octanol–water partition coefficient (Wildman–Crippen LogP) is 5.43. The highest BCUT2D eigenvalue weighted by molar-refractivity contribution is 5.85. The summed E-state index contributed by atoms with van der Waals surface area (Å²) in [5, 5.41) is 14.5. The summed E-state index contributed by atoms with van der Waals surface area (Å²) < 4.78 is 5.25. The van der Waals surface area contributed by atoms with E-state index in [0.29, 0.717) is 18.3 Å². The number of aromatic hydroxyl groups is 1. The van der Waals surface area contributed by atoms with E-state index < -0.39 is 0 Å². The van der Waals surface area contributed by atoms with Gasteiger partial charge in [-0.25, -0.2) is 0 Å². The molecule has 0 amide bonds. The van der Waals surface area contributed by atoms with Gasteiger partial charge in [-0.2, -0.15) is 0 Å². The number of methoxy groups -OCH3 is 1. The molecule has 1 aliphatic rings. The van der Waals surface area contributed by atoms with Crippen LogP contribution in [0.4, 0.5) is 0 Å². The molecular formula is C22H30ClNO2. The molecule has 2 aromatic carbocycles. The number of hydrogen-bond donors (Lipinski definition) is 2. The van der Waals surface area contributed by atoms with Crippen LogP contribution in [-0.4, -0.2) is 18.3 Å². The Hall–Kier alpha value is -1.71. The summed E-state index contributed by atoms with van der Waals surface area (Å²) in [5.41, 5.74) is 4.14. The van der Waals surface area contributed by atoms with Gasteiger partial charge in [-0.15, -0.1) is 12.4 Å². The van der Waals surface area contributed by atoms with Crippen LogP contribution in [0.25, 0.3) is 11.1 Å². The topological polar surface area (TPSA) is 41.5 Å². The summed E-state index contributed by atoms with van der Waals surface area (Å²) >= 11 is 0. The fourth-order valence-corrected chi connectivity index (χ4v) is 3.12. The van der Waals surface area contributed by atoms with Crippen LogP contribution in [0.15, 0.2) is 36.4 Å². The molecule has 1 fully saturated rings. The van der Waals surface area contributed by atoms with E-state index in [9.17, 15) is 5.11 Å². The Balaban J connectivity index is 0.00000243. The first-order valence-corrected chi connectivity index (χ1v) is 9.12. The van der Waals surface area contributed by atoms with Crippen molar-refractivity contribution in [1.29, 1.82) is 0 Å². The van der Waals surface area contributed by atoms with Crippen molar-refractivity contribution in [2.75, 3.05) is 7.11 Å². The maximum Gasteiger partial charge on any atom is 0.127 e. The lowest BCUT2D eigenvalue weighted by Gasteiger charge is -2.28. The quantitative estimate of drug-likeness (QED) is 0.732. The smallest absolute Gasteiger partial charge is 0.127 e. The second-order valence-corrected chi connectivity index (χ2v) is 8.02. The minimum absolute atomic E-state index is 0. The third-order valence-corrected chi connectivity index (χ3v) is 5.14. The maximum atomic E-state index is 10.9. The Morgan fingerprint density at radius 1 is 1.12 bits per heavy atom. The van der Waals surface area contributed by atoms with Crippen molar-refractivity contribution in [1.82, 2.24) is 5.32 Å². The normalized spacial score (nSPS) is 14.5. The zero-order chi connectivity index (χ0) is 18.0. The fourth-order valence-electron chi connectivity index (χ4n) is 3.12. The zero-order valence-electron chi connectivity index (χ0n) is 16.1. The van der Waals surface area contributed by atoms with Crippen molar-refractivity contribution in [3.8, 4) is 22.6 Å². The number of ether oxygens (including phenoxy) is 1. The average Bonchev–Trinajstić information content (AvgIpc) is 2.54. The van der Waals surface area contributed by atoms with Crippen LogP contribution in [0, 0.1) is 0 Å². The lowest BCUT2D eigenvalue weighted by Crippen LogP contribution is -2.34. The summed E-state index contributed by atoms with van der Waals surface area (Å²) in [6.07, 6.45) is 3.79. The molecule has 0 aromatic heterocycles. The third kappa shape index (κ3) is 4.52. The van der Waals surface area contributed by atoms with Crippen molar-refractivity contribution in [3.63, 3.8) is 0 Å². The standard InChI is InChI=1S/C22H29NO2.ClH/c1-22(2,3)17-12-16(14-23-18-6-5-7-18)21(24)20(13-17)15-8-10-19(25-4)11-9-15;/h8-13,18,23-24H,5-7,14H2,1-4H3;1H.